The van der Waals surface area contributed by atoms with Crippen molar-refractivity contribution in [3.8, 4) is 11.4 Å². The zero-order chi connectivity index (χ0) is 21.7. The molecule has 1 saturated carbocycles. The molecule has 3 unspecified atom stereocenters. The Morgan fingerprint density at radius 3 is 2.63 bits per heavy atom. The van der Waals surface area contributed by atoms with Crippen LogP contribution in [0.15, 0.2) is 24.3 Å². The standard InChI is InChI=1S/C21H29ClN6O2/c1-4-18(28-26-19(25-27-28)14-8-10-16(22)11-9-14)21(30)24-17-7-5-6-15(12-17)20(29)23-13(2)3/h8-11,13,15,17-18H,4-7,12H2,1-3H3,(H,23,29)(H,24,30). The number of amides is 2. The fourth-order valence-electron chi connectivity index (χ4n) is 3.78. The van der Waals surface area contributed by atoms with Crippen LogP contribution >= 0.6 is 11.6 Å². The van der Waals surface area contributed by atoms with E-state index in [9.17, 15) is 9.59 Å². The predicted molar refractivity (Wildman–Crippen MR) is 115 cm³/mol. The molecule has 1 aromatic heterocycles. The van der Waals surface area contributed by atoms with E-state index in [1.54, 1.807) is 12.1 Å². The number of aromatic nitrogens is 4. The van der Waals surface area contributed by atoms with E-state index >= 15 is 0 Å². The highest BCUT2D eigenvalue weighted by molar-refractivity contribution is 6.30. The Morgan fingerprint density at radius 1 is 1.23 bits per heavy atom. The summed E-state index contributed by atoms with van der Waals surface area (Å²) in [5.74, 6) is 0.308. The highest BCUT2D eigenvalue weighted by Gasteiger charge is 2.30. The van der Waals surface area contributed by atoms with Crippen LogP contribution in [-0.4, -0.2) is 44.1 Å². The number of halogens is 1. The van der Waals surface area contributed by atoms with Crippen LogP contribution in [0.5, 0.6) is 0 Å². The lowest BCUT2D eigenvalue weighted by Crippen LogP contribution is -2.45. The molecule has 1 aliphatic rings. The number of tetrazole rings is 1. The lowest BCUT2D eigenvalue weighted by atomic mass is 9.85. The van der Waals surface area contributed by atoms with Crippen molar-refractivity contribution in [2.24, 2.45) is 5.92 Å². The maximum Gasteiger partial charge on any atom is 0.247 e. The average molecular weight is 433 g/mol. The summed E-state index contributed by atoms with van der Waals surface area (Å²) in [6.45, 7) is 5.82. The molecule has 1 aliphatic carbocycles. The van der Waals surface area contributed by atoms with Crippen LogP contribution < -0.4 is 10.6 Å². The van der Waals surface area contributed by atoms with Gasteiger partial charge in [-0.05, 0) is 69.0 Å². The van der Waals surface area contributed by atoms with Gasteiger partial charge in [-0.15, -0.1) is 10.2 Å². The van der Waals surface area contributed by atoms with Crippen molar-refractivity contribution in [1.29, 1.82) is 0 Å². The number of rotatable bonds is 7. The van der Waals surface area contributed by atoms with Gasteiger partial charge in [0.05, 0.1) is 0 Å². The molecular formula is C21H29ClN6O2. The number of benzene rings is 1. The summed E-state index contributed by atoms with van der Waals surface area (Å²) in [7, 11) is 0. The molecule has 2 N–H and O–H groups in total. The SMILES string of the molecule is CCC(C(=O)NC1CCCC(C(=O)NC(C)C)C1)n1nnc(-c2ccc(Cl)cc2)n1. The van der Waals surface area contributed by atoms with Gasteiger partial charge in [-0.25, -0.2) is 0 Å². The number of nitrogens with one attached hydrogen (secondary N) is 2. The van der Waals surface area contributed by atoms with E-state index in [4.69, 9.17) is 11.6 Å². The fraction of sp³-hybridized carbons (Fsp3) is 0.571. The van der Waals surface area contributed by atoms with E-state index in [0.717, 1.165) is 24.8 Å². The van der Waals surface area contributed by atoms with Crippen molar-refractivity contribution in [1.82, 2.24) is 30.8 Å². The topological polar surface area (TPSA) is 102 Å². The first-order valence-electron chi connectivity index (χ1n) is 10.5. The smallest absolute Gasteiger partial charge is 0.247 e. The second kappa shape index (κ2) is 10.0. The molecule has 0 radical (unpaired) electrons. The van der Waals surface area contributed by atoms with Gasteiger partial charge >= 0.3 is 0 Å². The molecule has 1 heterocycles. The molecule has 8 nitrogen and oxygen atoms in total. The van der Waals surface area contributed by atoms with Crippen LogP contribution in [0, 0.1) is 5.92 Å². The molecular weight excluding hydrogens is 404 g/mol. The quantitative estimate of drug-likeness (QED) is 0.699. The molecule has 3 rings (SSSR count). The number of nitrogens with zero attached hydrogens (tertiary/aromatic N) is 4. The van der Waals surface area contributed by atoms with Gasteiger partial charge in [0.2, 0.25) is 17.6 Å². The molecule has 9 heteroatoms. The zero-order valence-corrected chi connectivity index (χ0v) is 18.4. The maximum absolute atomic E-state index is 12.9. The number of hydrogen-bond donors (Lipinski definition) is 2. The number of carbonyl (C=O) groups is 2. The molecule has 1 fully saturated rings. The minimum atomic E-state index is -0.552. The second-order valence-corrected chi connectivity index (χ2v) is 8.53. The van der Waals surface area contributed by atoms with Crippen LogP contribution in [0.25, 0.3) is 11.4 Å². The second-order valence-electron chi connectivity index (χ2n) is 8.10. The largest absolute Gasteiger partial charge is 0.354 e. The van der Waals surface area contributed by atoms with Crippen molar-refractivity contribution in [3.63, 3.8) is 0 Å². The first-order chi connectivity index (χ1) is 14.4. The molecule has 2 amide bonds. The third kappa shape index (κ3) is 5.56. The van der Waals surface area contributed by atoms with E-state index in [1.807, 2.05) is 32.9 Å². The van der Waals surface area contributed by atoms with Crippen molar-refractivity contribution in [2.75, 3.05) is 0 Å². The minimum Gasteiger partial charge on any atom is -0.354 e. The van der Waals surface area contributed by atoms with Gasteiger partial charge in [0.25, 0.3) is 0 Å². The first kappa shape index (κ1) is 22.2. The minimum absolute atomic E-state index is 0.0255. The van der Waals surface area contributed by atoms with Gasteiger partial charge in [0.1, 0.15) is 0 Å². The maximum atomic E-state index is 12.9. The Kier molecular flexibility index (Phi) is 7.42. The summed E-state index contributed by atoms with van der Waals surface area (Å²) in [6.07, 6.45) is 3.83. The normalized spacial score (nSPS) is 20.0. The summed E-state index contributed by atoms with van der Waals surface area (Å²) >= 11 is 5.93. The zero-order valence-electron chi connectivity index (χ0n) is 17.6. The van der Waals surface area contributed by atoms with Gasteiger partial charge in [-0.3, -0.25) is 9.59 Å². The van der Waals surface area contributed by atoms with Gasteiger partial charge in [-0.1, -0.05) is 24.9 Å². The highest BCUT2D eigenvalue weighted by Crippen LogP contribution is 2.25. The predicted octanol–water partition coefficient (Wildman–Crippen LogP) is 3.14. The van der Waals surface area contributed by atoms with E-state index < -0.39 is 6.04 Å². The van der Waals surface area contributed by atoms with Crippen molar-refractivity contribution in [2.45, 2.75) is 71.0 Å². The molecule has 3 atom stereocenters. The van der Waals surface area contributed by atoms with Crippen LogP contribution in [0.2, 0.25) is 5.02 Å². The van der Waals surface area contributed by atoms with Crippen molar-refractivity contribution >= 4 is 23.4 Å². The Morgan fingerprint density at radius 2 is 1.97 bits per heavy atom. The van der Waals surface area contributed by atoms with Crippen LogP contribution in [-0.2, 0) is 9.59 Å². The molecule has 0 saturated heterocycles. The summed E-state index contributed by atoms with van der Waals surface area (Å²) in [5.41, 5.74) is 0.784. The third-order valence-electron chi connectivity index (χ3n) is 5.32. The van der Waals surface area contributed by atoms with E-state index in [0.29, 0.717) is 23.7 Å². The first-order valence-corrected chi connectivity index (χ1v) is 10.9. The van der Waals surface area contributed by atoms with E-state index in [-0.39, 0.29) is 29.8 Å². The molecule has 162 valence electrons. The monoisotopic (exact) mass is 432 g/mol. The van der Waals surface area contributed by atoms with Gasteiger partial charge < -0.3 is 10.6 Å². The van der Waals surface area contributed by atoms with Gasteiger partial charge in [0, 0.05) is 28.6 Å². The van der Waals surface area contributed by atoms with E-state index in [2.05, 4.69) is 26.0 Å². The van der Waals surface area contributed by atoms with Crippen LogP contribution in [0.3, 0.4) is 0 Å². The Hall–Kier alpha value is -2.48. The fourth-order valence-corrected chi connectivity index (χ4v) is 3.91. The molecule has 1 aromatic carbocycles. The Labute approximate surface area is 181 Å². The summed E-state index contributed by atoms with van der Waals surface area (Å²) in [4.78, 5) is 26.6. The lowest BCUT2D eigenvalue weighted by molar-refractivity contribution is -0.129. The lowest BCUT2D eigenvalue weighted by Gasteiger charge is -2.30. The number of carbonyl (C=O) groups excluding carboxylic acids is 2. The van der Waals surface area contributed by atoms with E-state index in [1.165, 1.54) is 4.80 Å². The van der Waals surface area contributed by atoms with Crippen molar-refractivity contribution in [3.05, 3.63) is 29.3 Å². The molecule has 30 heavy (non-hydrogen) atoms. The average Bonchev–Trinajstić information content (AvgIpc) is 3.18. The van der Waals surface area contributed by atoms with Gasteiger partial charge in [0.15, 0.2) is 6.04 Å². The molecule has 0 spiro atoms. The van der Waals surface area contributed by atoms with Crippen LogP contribution in [0.4, 0.5) is 0 Å². The summed E-state index contributed by atoms with van der Waals surface area (Å²) in [6, 6.07) is 6.69. The molecule has 0 bridgehead atoms. The highest BCUT2D eigenvalue weighted by atomic mass is 35.5. The summed E-state index contributed by atoms with van der Waals surface area (Å²) < 4.78 is 0. The van der Waals surface area contributed by atoms with Crippen molar-refractivity contribution < 1.29 is 9.59 Å². The Bertz CT molecular complexity index is 867. The van der Waals surface area contributed by atoms with Crippen LogP contribution in [0.1, 0.15) is 58.9 Å². The third-order valence-corrected chi connectivity index (χ3v) is 5.57. The van der Waals surface area contributed by atoms with Gasteiger partial charge in [-0.2, -0.15) is 4.80 Å². The molecule has 2 aromatic rings. The Balaban J connectivity index is 1.63. The summed E-state index contributed by atoms with van der Waals surface area (Å²) in [5, 5.41) is 19.3. The molecule has 0 aliphatic heterocycles. The number of hydrogen-bond acceptors (Lipinski definition) is 5.